The average Bonchev–Trinajstić information content (AvgIpc) is 2.76. The SMILES string of the molecule is O=C([O-])CS.[CH2-]C(CN=C([O-])C1CCC(C)(C(=O)[O-])C1(C)C)OC.[Hg+2].[Na+].[Na+]. The van der Waals surface area contributed by atoms with E-state index in [4.69, 9.17) is 4.74 Å². The Hall–Kier alpha value is 1.66. The molecule has 0 radical (unpaired) electrons. The zero-order valence-corrected chi connectivity index (χ0v) is 27.6. The quantitative estimate of drug-likeness (QED) is 0.105. The molecule has 3 atom stereocenters. The minimum absolute atomic E-state index is 0. The fraction of sp³-hybridized carbons (Fsp3) is 0.750. The number of aliphatic imine (C=N–C) groups is 1. The maximum absolute atomic E-state index is 12.1. The molecule has 0 saturated heterocycles. The first kappa shape index (κ1) is 36.1. The van der Waals surface area contributed by atoms with Crippen molar-refractivity contribution < 1.29 is 116 Å². The summed E-state index contributed by atoms with van der Waals surface area (Å²) < 4.78 is 4.93. The number of carboxylic acid groups (broad SMARTS) is 2. The Labute approximate surface area is 232 Å². The third-order valence-corrected chi connectivity index (χ3v) is 5.15. The number of ether oxygens (including phenoxy) is 1. The fourth-order valence-electron chi connectivity index (χ4n) is 2.67. The Morgan fingerprint density at radius 3 is 2.00 bits per heavy atom. The van der Waals surface area contributed by atoms with Crippen LogP contribution in [-0.4, -0.2) is 43.3 Å². The zero-order valence-electron chi connectivity index (χ0n) is 17.2. The molecule has 0 aromatic carbocycles. The second kappa shape index (κ2) is 16.4. The van der Waals surface area contributed by atoms with Crippen molar-refractivity contribution >= 4 is 30.5 Å². The molecule has 1 aliphatic carbocycles. The topological polar surface area (TPSA) is 125 Å². The monoisotopic (exact) mass is 607 g/mol. The van der Waals surface area contributed by atoms with Gasteiger partial charge in [0, 0.05) is 30.8 Å². The first-order valence-corrected chi connectivity index (χ1v) is 8.16. The molecule has 27 heavy (non-hydrogen) atoms. The molecule has 7 nitrogen and oxygen atoms in total. The van der Waals surface area contributed by atoms with E-state index in [9.17, 15) is 24.9 Å². The largest absolute Gasteiger partial charge is 2.00 e. The van der Waals surface area contributed by atoms with Gasteiger partial charge in [-0.1, -0.05) is 20.8 Å². The summed E-state index contributed by atoms with van der Waals surface area (Å²) in [5.41, 5.74) is -1.66. The molecule has 11 heteroatoms. The molecule has 0 aromatic rings. The van der Waals surface area contributed by atoms with E-state index < -0.39 is 22.8 Å². The van der Waals surface area contributed by atoms with Crippen LogP contribution in [0.1, 0.15) is 33.6 Å². The number of thiol groups is 1. The van der Waals surface area contributed by atoms with Crippen LogP contribution < -0.4 is 74.4 Å². The second-order valence-corrected chi connectivity index (χ2v) is 6.82. The Morgan fingerprint density at radius 2 is 1.70 bits per heavy atom. The van der Waals surface area contributed by atoms with Gasteiger partial charge in [-0.15, -0.1) is 0 Å². The number of hydrogen-bond donors (Lipinski definition) is 1. The summed E-state index contributed by atoms with van der Waals surface area (Å²) in [6, 6.07) is 0. The van der Waals surface area contributed by atoms with Gasteiger partial charge in [0.25, 0.3) is 0 Å². The van der Waals surface area contributed by atoms with Gasteiger partial charge in [0.05, 0.1) is 5.97 Å². The number of carbonyl (C=O) groups excluding carboxylic acids is 2. The number of nitrogens with zero attached hydrogens (tertiary/aromatic N) is 1. The molecule has 1 aliphatic rings. The van der Waals surface area contributed by atoms with Gasteiger partial charge in [-0.25, -0.2) is 0 Å². The molecule has 0 spiro atoms. The van der Waals surface area contributed by atoms with E-state index in [2.05, 4.69) is 24.5 Å². The summed E-state index contributed by atoms with van der Waals surface area (Å²) in [4.78, 5) is 24.5. The van der Waals surface area contributed by atoms with Gasteiger partial charge in [0.1, 0.15) is 0 Å². The van der Waals surface area contributed by atoms with Crippen LogP contribution in [-0.2, 0) is 42.0 Å². The molecule has 0 amide bonds. The summed E-state index contributed by atoms with van der Waals surface area (Å²) in [5, 5.41) is 32.6. The summed E-state index contributed by atoms with van der Waals surface area (Å²) in [6.07, 6.45) is 0.599. The van der Waals surface area contributed by atoms with Crippen LogP contribution in [0.15, 0.2) is 4.99 Å². The zero-order chi connectivity index (χ0) is 19.1. The summed E-state index contributed by atoms with van der Waals surface area (Å²) in [6.45, 7) is 9.12. The van der Waals surface area contributed by atoms with Crippen molar-refractivity contribution in [2.45, 2.75) is 39.7 Å². The van der Waals surface area contributed by atoms with Crippen molar-refractivity contribution in [3.63, 3.8) is 0 Å². The van der Waals surface area contributed by atoms with Gasteiger partial charge < -0.3 is 41.6 Å². The van der Waals surface area contributed by atoms with E-state index in [-0.39, 0.29) is 117 Å². The van der Waals surface area contributed by atoms with Gasteiger partial charge in [-0.2, -0.15) is 12.6 Å². The van der Waals surface area contributed by atoms with Crippen molar-refractivity contribution in [2.75, 3.05) is 19.4 Å². The van der Waals surface area contributed by atoms with Crippen LogP contribution in [0, 0.1) is 23.7 Å². The molecule has 0 aliphatic heterocycles. The first-order valence-electron chi connectivity index (χ1n) is 7.53. The number of hydrogen-bond acceptors (Lipinski definition) is 8. The van der Waals surface area contributed by atoms with Crippen LogP contribution in [0.3, 0.4) is 0 Å². The molecule has 1 rings (SSSR count). The summed E-state index contributed by atoms with van der Waals surface area (Å²) >= 11 is 3.35. The van der Waals surface area contributed by atoms with E-state index >= 15 is 0 Å². The van der Waals surface area contributed by atoms with E-state index in [1.165, 1.54) is 7.11 Å². The molecule has 0 heterocycles. The number of carboxylic acids is 2. The van der Waals surface area contributed by atoms with E-state index in [1.807, 2.05) is 0 Å². The molecule has 0 bridgehead atoms. The Balaban J connectivity index is -0.000000294. The average molecular weight is 606 g/mol. The smallest absolute Gasteiger partial charge is 0.862 e. The minimum atomic E-state index is -1.13. The first-order chi connectivity index (χ1) is 10.9. The van der Waals surface area contributed by atoms with E-state index in [0.717, 1.165) is 0 Å². The van der Waals surface area contributed by atoms with E-state index in [0.29, 0.717) is 12.8 Å². The van der Waals surface area contributed by atoms with Gasteiger partial charge in [0.2, 0.25) is 0 Å². The summed E-state index contributed by atoms with van der Waals surface area (Å²) in [7, 11) is 1.50. The van der Waals surface area contributed by atoms with Crippen molar-refractivity contribution in [1.29, 1.82) is 0 Å². The molecule has 0 N–H and O–H groups in total. The number of rotatable bonds is 6. The maximum Gasteiger partial charge on any atom is 2.00 e. The Bertz CT molecular complexity index is 496. The van der Waals surface area contributed by atoms with E-state index in [1.54, 1.807) is 20.8 Å². The molecule has 0 aromatic heterocycles. The maximum atomic E-state index is 12.1. The molecule has 140 valence electrons. The van der Waals surface area contributed by atoms with Gasteiger partial charge in [0.15, 0.2) is 0 Å². The molecular weight excluding hydrogens is 581 g/mol. The molecular formula is C16H25HgNNa2O6S. The van der Waals surface area contributed by atoms with Crippen LogP contribution >= 0.6 is 12.6 Å². The molecule has 3 unspecified atom stereocenters. The van der Waals surface area contributed by atoms with Crippen LogP contribution in [0.2, 0.25) is 0 Å². The fourth-order valence-corrected chi connectivity index (χ4v) is 2.67. The predicted molar refractivity (Wildman–Crippen MR) is 86.9 cm³/mol. The van der Waals surface area contributed by atoms with Crippen LogP contribution in [0.25, 0.3) is 0 Å². The third-order valence-electron chi connectivity index (χ3n) is 4.89. The van der Waals surface area contributed by atoms with Crippen LogP contribution in [0.5, 0.6) is 0 Å². The Morgan fingerprint density at radius 1 is 1.26 bits per heavy atom. The predicted octanol–water partition coefficient (Wildman–Crippen LogP) is -7.54. The standard InChI is InChI=1S/C14H24NO4.C2H4O2S.Hg.2Na/c1-9(19-5)8-15-11(16)10-6-7-14(4,12(17)18)13(10,2)3;3-2(4)1-5;;;/h9-10H,1,6-8H2,2-5H3,(H,15,16)(H,17,18);5H,1H2,(H,3,4);;;/q-1;;+2;2*+1/p-3. The number of carbonyl (C=O) groups is 2. The van der Waals surface area contributed by atoms with Crippen molar-refractivity contribution in [2.24, 2.45) is 21.7 Å². The minimum Gasteiger partial charge on any atom is -0.862 e. The second-order valence-electron chi connectivity index (χ2n) is 6.50. The summed E-state index contributed by atoms with van der Waals surface area (Å²) in [5.74, 6) is -3.08. The van der Waals surface area contributed by atoms with Crippen molar-refractivity contribution in [1.82, 2.24) is 0 Å². The number of aliphatic carboxylic acids is 2. The normalized spacial score (nSPS) is 24.1. The van der Waals surface area contributed by atoms with Crippen LogP contribution in [0.4, 0.5) is 0 Å². The van der Waals surface area contributed by atoms with Crippen molar-refractivity contribution in [3.8, 4) is 0 Å². The Kier molecular flexibility index (Phi) is 21.8. The third kappa shape index (κ3) is 10.5. The number of methoxy groups -OCH3 is 1. The molecule has 1 saturated carbocycles. The van der Waals surface area contributed by atoms with Gasteiger partial charge in [-0.05, 0) is 36.2 Å². The molecule has 1 fully saturated rings. The van der Waals surface area contributed by atoms with Crippen molar-refractivity contribution in [3.05, 3.63) is 6.92 Å². The van der Waals surface area contributed by atoms with Gasteiger partial charge >= 0.3 is 86.8 Å². The van der Waals surface area contributed by atoms with Gasteiger partial charge in [-0.3, -0.25) is 0 Å².